The molecule has 0 aromatic heterocycles. The Morgan fingerprint density at radius 3 is 1.96 bits per heavy atom. The van der Waals surface area contributed by atoms with Crippen molar-refractivity contribution in [2.45, 2.75) is 51.2 Å². The van der Waals surface area contributed by atoms with Crippen LogP contribution in [0, 0.1) is 11.3 Å². The number of halogens is 1. The van der Waals surface area contributed by atoms with E-state index < -0.39 is 12.3 Å². The zero-order valence-corrected chi connectivity index (χ0v) is 14.7. The smallest absolute Gasteiger partial charge is 0.142 e. The molecule has 2 aromatic rings. The normalized spacial score (nSPS) is 33.4. The predicted molar refractivity (Wildman–Crippen MR) is 97.7 cm³/mol. The summed E-state index contributed by atoms with van der Waals surface area (Å²) in [6.07, 6.45) is -0.163. The fourth-order valence-corrected chi connectivity index (χ4v) is 4.85. The Morgan fingerprint density at radius 1 is 1.00 bits per heavy atom. The Hall–Kier alpha value is -1.71. The van der Waals surface area contributed by atoms with Gasteiger partial charge in [0.15, 0.2) is 0 Å². The van der Waals surface area contributed by atoms with Crippen LogP contribution in [0.25, 0.3) is 0 Å². The van der Waals surface area contributed by atoms with Crippen molar-refractivity contribution in [3.05, 3.63) is 71.8 Å². The number of hydrogen-bond donors (Lipinski definition) is 1. The van der Waals surface area contributed by atoms with Crippen molar-refractivity contribution in [2.75, 3.05) is 0 Å². The van der Waals surface area contributed by atoms with E-state index in [4.69, 9.17) is 0 Å². The van der Waals surface area contributed by atoms with Gasteiger partial charge in [-0.15, -0.1) is 0 Å². The lowest BCUT2D eigenvalue weighted by atomic mass is 9.97. The van der Waals surface area contributed by atoms with E-state index in [0.29, 0.717) is 13.1 Å². The van der Waals surface area contributed by atoms with Crippen LogP contribution in [0.5, 0.6) is 0 Å². The molecular weight excluding hydrogens is 313 g/mol. The minimum Gasteiger partial charge on any atom is -0.389 e. The van der Waals surface area contributed by atoms with Gasteiger partial charge >= 0.3 is 0 Å². The summed E-state index contributed by atoms with van der Waals surface area (Å²) in [5.41, 5.74) is 2.19. The molecule has 2 nitrogen and oxygen atoms in total. The topological polar surface area (TPSA) is 23.5 Å². The zero-order chi connectivity index (χ0) is 17.4. The van der Waals surface area contributed by atoms with Crippen molar-refractivity contribution in [1.82, 2.24) is 4.90 Å². The number of benzene rings is 2. The standard InChI is InChI=1S/C22H26FNO/c1-2-22-13-18(22)20(19(23)21(22)25)24(14-16-9-5-3-6-10-16)15-17-11-7-4-8-12-17/h3-12,18-21,25H,2,13-15H2,1H3/t18-,19+,20-,21+,22-/m1/s1. The first-order chi connectivity index (χ1) is 12.2. The quantitative estimate of drug-likeness (QED) is 0.853. The van der Waals surface area contributed by atoms with Gasteiger partial charge in [0, 0.05) is 24.5 Å². The predicted octanol–water partition coefficient (Wildman–Crippen LogP) is 4.19. The van der Waals surface area contributed by atoms with Crippen molar-refractivity contribution in [3.8, 4) is 0 Å². The lowest BCUT2D eigenvalue weighted by Crippen LogP contribution is -2.43. The molecule has 2 saturated carbocycles. The molecule has 0 saturated heterocycles. The third-order valence-electron chi connectivity index (χ3n) is 6.34. The molecule has 2 aliphatic rings. The van der Waals surface area contributed by atoms with Crippen LogP contribution in [0.15, 0.2) is 60.7 Å². The van der Waals surface area contributed by atoms with Crippen molar-refractivity contribution in [2.24, 2.45) is 11.3 Å². The van der Waals surface area contributed by atoms with E-state index in [0.717, 1.165) is 12.8 Å². The summed E-state index contributed by atoms with van der Waals surface area (Å²) >= 11 is 0. The minimum absolute atomic E-state index is 0.185. The first-order valence-electron chi connectivity index (χ1n) is 9.30. The van der Waals surface area contributed by atoms with Crippen LogP contribution in [0.1, 0.15) is 30.9 Å². The molecular formula is C22H26FNO. The second-order valence-electron chi connectivity index (χ2n) is 7.65. The first kappa shape index (κ1) is 16.7. The van der Waals surface area contributed by atoms with E-state index in [9.17, 15) is 5.11 Å². The molecule has 0 heterocycles. The summed E-state index contributed by atoms with van der Waals surface area (Å²) in [7, 11) is 0. The van der Waals surface area contributed by atoms with Crippen LogP contribution in [0.3, 0.4) is 0 Å². The number of aliphatic hydroxyl groups excluding tert-OH is 1. The second kappa shape index (κ2) is 6.54. The molecule has 0 unspecified atom stereocenters. The maximum atomic E-state index is 15.1. The van der Waals surface area contributed by atoms with Crippen LogP contribution in [0.2, 0.25) is 0 Å². The Labute approximate surface area is 149 Å². The summed E-state index contributed by atoms with van der Waals surface area (Å²) < 4.78 is 15.1. The average Bonchev–Trinajstić information content (AvgIpc) is 3.33. The second-order valence-corrected chi connectivity index (χ2v) is 7.65. The van der Waals surface area contributed by atoms with Crippen LogP contribution in [-0.4, -0.2) is 28.3 Å². The highest BCUT2D eigenvalue weighted by Gasteiger charge is 2.71. The van der Waals surface area contributed by atoms with Gasteiger partial charge in [-0.2, -0.15) is 0 Å². The number of alkyl halides is 1. The van der Waals surface area contributed by atoms with Crippen molar-refractivity contribution in [3.63, 3.8) is 0 Å². The Morgan fingerprint density at radius 2 is 1.52 bits per heavy atom. The molecule has 0 amide bonds. The maximum Gasteiger partial charge on any atom is 0.142 e. The van der Waals surface area contributed by atoms with Crippen molar-refractivity contribution in [1.29, 1.82) is 0 Å². The fourth-order valence-electron chi connectivity index (χ4n) is 4.85. The number of hydrogen-bond acceptors (Lipinski definition) is 2. The summed E-state index contributed by atoms with van der Waals surface area (Å²) in [6, 6.07) is 20.3. The van der Waals surface area contributed by atoms with Gasteiger partial charge in [-0.3, -0.25) is 4.90 Å². The molecule has 5 atom stereocenters. The summed E-state index contributed by atoms with van der Waals surface area (Å²) in [5.74, 6) is 0.273. The highest BCUT2D eigenvalue weighted by Crippen LogP contribution is 2.67. The molecule has 0 radical (unpaired) electrons. The SMILES string of the molecule is CC[C@@]12C[C@@H]1[C@@H](N(Cc1ccccc1)Cc1ccccc1)[C@H](F)[C@@H]2O. The molecule has 3 heteroatoms. The summed E-state index contributed by atoms with van der Waals surface area (Å²) in [6.45, 7) is 3.50. The molecule has 2 aliphatic carbocycles. The van der Waals surface area contributed by atoms with E-state index in [1.807, 2.05) is 36.4 Å². The molecule has 0 spiro atoms. The van der Waals surface area contributed by atoms with Gasteiger partial charge in [0.1, 0.15) is 6.17 Å². The van der Waals surface area contributed by atoms with Crippen LogP contribution in [-0.2, 0) is 13.1 Å². The van der Waals surface area contributed by atoms with Crippen LogP contribution < -0.4 is 0 Å². The third-order valence-corrected chi connectivity index (χ3v) is 6.34. The van der Waals surface area contributed by atoms with Gasteiger partial charge in [-0.05, 0) is 29.9 Å². The zero-order valence-electron chi connectivity index (χ0n) is 14.7. The van der Waals surface area contributed by atoms with Gasteiger partial charge < -0.3 is 5.11 Å². The Kier molecular flexibility index (Phi) is 4.38. The van der Waals surface area contributed by atoms with E-state index in [1.54, 1.807) is 0 Å². The van der Waals surface area contributed by atoms with Gasteiger partial charge in [0.2, 0.25) is 0 Å². The fraction of sp³-hybridized carbons (Fsp3) is 0.455. The van der Waals surface area contributed by atoms with Crippen LogP contribution in [0.4, 0.5) is 4.39 Å². The first-order valence-corrected chi connectivity index (χ1v) is 9.30. The largest absolute Gasteiger partial charge is 0.389 e. The Bertz CT molecular complexity index is 665. The Balaban J connectivity index is 1.61. The van der Waals surface area contributed by atoms with Gasteiger partial charge in [-0.1, -0.05) is 67.6 Å². The number of nitrogens with zero attached hydrogens (tertiary/aromatic N) is 1. The van der Waals surface area contributed by atoms with E-state index in [2.05, 4.69) is 36.1 Å². The van der Waals surface area contributed by atoms with E-state index in [-0.39, 0.29) is 17.4 Å². The number of fused-ring (bicyclic) bond motifs is 1. The van der Waals surface area contributed by atoms with Gasteiger partial charge in [0.05, 0.1) is 6.10 Å². The lowest BCUT2D eigenvalue weighted by Gasteiger charge is -2.32. The van der Waals surface area contributed by atoms with E-state index >= 15 is 4.39 Å². The molecule has 25 heavy (non-hydrogen) atoms. The minimum atomic E-state index is -1.16. The highest BCUT2D eigenvalue weighted by molar-refractivity contribution is 5.24. The molecule has 132 valence electrons. The van der Waals surface area contributed by atoms with Gasteiger partial charge in [-0.25, -0.2) is 4.39 Å². The monoisotopic (exact) mass is 339 g/mol. The molecule has 1 N–H and O–H groups in total. The van der Waals surface area contributed by atoms with Gasteiger partial charge in [0.25, 0.3) is 0 Å². The third kappa shape index (κ3) is 2.90. The number of rotatable bonds is 6. The van der Waals surface area contributed by atoms with Crippen LogP contribution >= 0.6 is 0 Å². The molecule has 0 bridgehead atoms. The molecule has 0 aliphatic heterocycles. The highest BCUT2D eigenvalue weighted by atomic mass is 19.1. The van der Waals surface area contributed by atoms with Crippen molar-refractivity contribution < 1.29 is 9.50 Å². The lowest BCUT2D eigenvalue weighted by molar-refractivity contribution is 0.00783. The maximum absolute atomic E-state index is 15.1. The average molecular weight is 339 g/mol. The molecule has 2 fully saturated rings. The molecule has 4 rings (SSSR count). The molecule has 2 aromatic carbocycles. The summed E-state index contributed by atoms with van der Waals surface area (Å²) in [5, 5.41) is 10.5. The number of aliphatic hydroxyl groups is 1. The summed E-state index contributed by atoms with van der Waals surface area (Å²) in [4.78, 5) is 2.24. The van der Waals surface area contributed by atoms with Crippen molar-refractivity contribution >= 4 is 0 Å². The van der Waals surface area contributed by atoms with E-state index in [1.165, 1.54) is 11.1 Å².